The molecule has 1 aliphatic heterocycles. The van der Waals surface area contributed by atoms with Gasteiger partial charge in [-0.05, 0) is 33.2 Å². The predicted molar refractivity (Wildman–Crippen MR) is 115 cm³/mol. The average Bonchev–Trinajstić information content (AvgIpc) is 3.25. The van der Waals surface area contributed by atoms with Crippen LogP contribution >= 0.6 is 11.3 Å². The van der Waals surface area contributed by atoms with Crippen LogP contribution in [0.2, 0.25) is 0 Å². The van der Waals surface area contributed by atoms with E-state index >= 15 is 0 Å². The largest absolute Gasteiger partial charge is 0.490 e. The van der Waals surface area contributed by atoms with E-state index in [1.165, 1.54) is 15.6 Å². The number of carbonyl (C=O) groups is 2. The van der Waals surface area contributed by atoms with Crippen LogP contribution in [-0.2, 0) is 29.2 Å². The number of hydrogen-bond acceptors (Lipinski definition) is 6. The molecule has 15 heteroatoms. The van der Waals surface area contributed by atoms with Gasteiger partial charge in [0.1, 0.15) is 5.82 Å². The number of carboxylic acids is 2. The summed E-state index contributed by atoms with van der Waals surface area (Å²) in [5, 5.41) is 14.2. The molecule has 0 bridgehead atoms. The van der Waals surface area contributed by atoms with Gasteiger partial charge in [0.15, 0.2) is 0 Å². The highest BCUT2D eigenvalue weighted by molar-refractivity contribution is 7.11. The van der Waals surface area contributed by atoms with Crippen LogP contribution in [0.25, 0.3) is 0 Å². The second-order valence-corrected chi connectivity index (χ2v) is 9.28. The summed E-state index contributed by atoms with van der Waals surface area (Å²) in [7, 11) is 4.32. The van der Waals surface area contributed by atoms with Crippen LogP contribution in [0.4, 0.5) is 26.3 Å². The number of nitrogens with zero attached hydrogens (tertiary/aromatic N) is 4. The minimum atomic E-state index is -5.08. The highest BCUT2D eigenvalue weighted by atomic mass is 32.1. The third kappa shape index (κ3) is 11.6. The van der Waals surface area contributed by atoms with Gasteiger partial charge in [-0.25, -0.2) is 14.6 Å². The standard InChI is InChI=1S/C16H24N4S.2C2HF3O2/c1-13-4-5-15(21-13)11-19-9-14(8-18(2)3)10-20-7-6-17-16(20)12-19;2*3-2(4,5)1(6)7/h4-7,14H,8-12H2,1-3H3;2*(H,6,7). The van der Waals surface area contributed by atoms with Crippen molar-refractivity contribution in [2.45, 2.75) is 38.9 Å². The molecule has 2 aromatic rings. The molecule has 8 nitrogen and oxygen atoms in total. The number of rotatable bonds is 4. The number of imidazole rings is 1. The molecule has 198 valence electrons. The first kappa shape index (κ1) is 30.4. The van der Waals surface area contributed by atoms with E-state index in [1.54, 1.807) is 0 Å². The van der Waals surface area contributed by atoms with Gasteiger partial charge in [0.2, 0.25) is 0 Å². The molecule has 0 aliphatic carbocycles. The zero-order chi connectivity index (χ0) is 27.0. The first-order valence-electron chi connectivity index (χ1n) is 10.0. The van der Waals surface area contributed by atoms with E-state index in [1.807, 2.05) is 17.5 Å². The molecule has 1 unspecified atom stereocenters. The van der Waals surface area contributed by atoms with Crippen LogP contribution < -0.4 is 0 Å². The molecular formula is C20H26F6N4O4S. The van der Waals surface area contributed by atoms with Gasteiger partial charge in [0.05, 0.1) is 6.54 Å². The van der Waals surface area contributed by atoms with Crippen molar-refractivity contribution in [1.29, 1.82) is 0 Å². The lowest BCUT2D eigenvalue weighted by atomic mass is 10.1. The van der Waals surface area contributed by atoms with Crippen LogP contribution in [0.1, 0.15) is 15.6 Å². The molecule has 35 heavy (non-hydrogen) atoms. The van der Waals surface area contributed by atoms with Crippen molar-refractivity contribution < 1.29 is 46.1 Å². The molecule has 0 radical (unpaired) electrons. The number of aryl methyl sites for hydroxylation is 1. The second kappa shape index (κ2) is 12.9. The summed E-state index contributed by atoms with van der Waals surface area (Å²) in [5.74, 6) is -3.67. The Labute approximate surface area is 201 Å². The lowest BCUT2D eigenvalue weighted by Crippen LogP contribution is -2.33. The maximum Gasteiger partial charge on any atom is 0.490 e. The molecule has 0 fully saturated rings. The van der Waals surface area contributed by atoms with Crippen LogP contribution in [0.3, 0.4) is 0 Å². The van der Waals surface area contributed by atoms with Gasteiger partial charge in [-0.1, -0.05) is 0 Å². The summed E-state index contributed by atoms with van der Waals surface area (Å²) in [6, 6.07) is 4.48. The molecule has 2 aromatic heterocycles. The van der Waals surface area contributed by atoms with Crippen molar-refractivity contribution in [2.75, 3.05) is 27.2 Å². The quantitative estimate of drug-likeness (QED) is 0.580. The summed E-state index contributed by atoms with van der Waals surface area (Å²) >= 11 is 1.91. The number of fused-ring (bicyclic) bond motifs is 1. The SMILES string of the molecule is Cc1ccc(CN2Cc3nccn3CC(CN(C)C)C2)s1.O=C(O)C(F)(F)F.O=C(O)C(F)(F)F. The minimum absolute atomic E-state index is 0.650. The first-order valence-corrected chi connectivity index (χ1v) is 10.8. The number of aromatic nitrogens is 2. The van der Waals surface area contributed by atoms with Gasteiger partial charge >= 0.3 is 24.3 Å². The van der Waals surface area contributed by atoms with E-state index in [-0.39, 0.29) is 0 Å². The maximum atomic E-state index is 10.6. The predicted octanol–water partition coefficient (Wildman–Crippen LogP) is 3.71. The Hall–Kier alpha value is -2.65. The topological polar surface area (TPSA) is 98.9 Å². The summed E-state index contributed by atoms with van der Waals surface area (Å²) < 4.78 is 65.8. The monoisotopic (exact) mass is 532 g/mol. The number of aliphatic carboxylic acids is 2. The first-order chi connectivity index (χ1) is 16.0. The van der Waals surface area contributed by atoms with Gasteiger partial charge < -0.3 is 19.7 Å². The van der Waals surface area contributed by atoms with Gasteiger partial charge in [0, 0.05) is 54.2 Å². The van der Waals surface area contributed by atoms with Crippen molar-refractivity contribution in [2.24, 2.45) is 5.92 Å². The van der Waals surface area contributed by atoms with E-state index in [9.17, 15) is 26.3 Å². The zero-order valence-electron chi connectivity index (χ0n) is 19.1. The Morgan fingerprint density at radius 3 is 2.06 bits per heavy atom. The van der Waals surface area contributed by atoms with Gasteiger partial charge in [-0.15, -0.1) is 11.3 Å². The second-order valence-electron chi connectivity index (χ2n) is 7.91. The molecule has 0 saturated carbocycles. The third-order valence-electron chi connectivity index (χ3n) is 4.42. The fourth-order valence-corrected chi connectivity index (χ4v) is 4.10. The van der Waals surface area contributed by atoms with Crippen molar-refractivity contribution in [1.82, 2.24) is 19.4 Å². The molecule has 1 aliphatic rings. The van der Waals surface area contributed by atoms with Crippen LogP contribution in [0.5, 0.6) is 0 Å². The number of halogens is 6. The number of alkyl halides is 6. The van der Waals surface area contributed by atoms with E-state index in [0.29, 0.717) is 5.92 Å². The fourth-order valence-electron chi connectivity index (χ4n) is 3.17. The molecule has 0 aromatic carbocycles. The maximum absolute atomic E-state index is 10.6. The third-order valence-corrected chi connectivity index (χ3v) is 5.41. The molecule has 0 spiro atoms. The Morgan fingerprint density at radius 2 is 1.63 bits per heavy atom. The molecule has 1 atom stereocenters. The van der Waals surface area contributed by atoms with E-state index in [4.69, 9.17) is 19.8 Å². The summed E-state index contributed by atoms with van der Waals surface area (Å²) in [4.78, 5) is 30.0. The van der Waals surface area contributed by atoms with Crippen molar-refractivity contribution in [3.63, 3.8) is 0 Å². The van der Waals surface area contributed by atoms with E-state index in [2.05, 4.69) is 58.7 Å². The Balaban J connectivity index is 0.000000362. The molecule has 0 amide bonds. The molecule has 2 N–H and O–H groups in total. The smallest absolute Gasteiger partial charge is 0.475 e. The summed E-state index contributed by atoms with van der Waals surface area (Å²) in [6.45, 7) is 7.50. The Morgan fingerprint density at radius 1 is 1.09 bits per heavy atom. The normalized spacial score (nSPS) is 16.3. The Bertz CT molecular complexity index is 934. The average molecular weight is 533 g/mol. The highest BCUT2D eigenvalue weighted by Crippen LogP contribution is 2.22. The van der Waals surface area contributed by atoms with Gasteiger partial charge in [-0.2, -0.15) is 26.3 Å². The van der Waals surface area contributed by atoms with Crippen LogP contribution in [0, 0.1) is 12.8 Å². The lowest BCUT2D eigenvalue weighted by molar-refractivity contribution is -0.193. The van der Waals surface area contributed by atoms with E-state index < -0.39 is 24.3 Å². The van der Waals surface area contributed by atoms with Crippen molar-refractivity contribution >= 4 is 23.3 Å². The number of carboxylic acid groups (broad SMARTS) is 2. The minimum Gasteiger partial charge on any atom is -0.475 e. The van der Waals surface area contributed by atoms with Crippen molar-refractivity contribution in [3.8, 4) is 0 Å². The Kier molecular flexibility index (Phi) is 11.2. The van der Waals surface area contributed by atoms with Crippen molar-refractivity contribution in [3.05, 3.63) is 40.1 Å². The van der Waals surface area contributed by atoms with Gasteiger partial charge in [-0.3, -0.25) is 4.90 Å². The number of thiophene rings is 1. The fraction of sp³-hybridized carbons (Fsp3) is 0.550. The highest BCUT2D eigenvalue weighted by Gasteiger charge is 2.38. The zero-order valence-corrected chi connectivity index (χ0v) is 19.9. The van der Waals surface area contributed by atoms with Crippen LogP contribution in [-0.4, -0.2) is 81.0 Å². The summed E-state index contributed by atoms with van der Waals surface area (Å²) in [6.07, 6.45) is -6.11. The lowest BCUT2D eigenvalue weighted by Gasteiger charge is -2.25. The molecule has 3 heterocycles. The molecular weight excluding hydrogens is 506 g/mol. The summed E-state index contributed by atoms with van der Waals surface area (Å²) in [5.41, 5.74) is 0. The van der Waals surface area contributed by atoms with Crippen LogP contribution in [0.15, 0.2) is 24.5 Å². The molecule has 0 saturated heterocycles. The van der Waals surface area contributed by atoms with E-state index in [0.717, 1.165) is 32.7 Å². The van der Waals surface area contributed by atoms with Gasteiger partial charge in [0.25, 0.3) is 0 Å². The number of hydrogen-bond donors (Lipinski definition) is 2. The molecule has 3 rings (SSSR count).